The lowest BCUT2D eigenvalue weighted by molar-refractivity contribution is 0.386. The van der Waals surface area contributed by atoms with Crippen molar-refractivity contribution in [1.29, 1.82) is 0 Å². The lowest BCUT2D eigenvalue weighted by Crippen LogP contribution is -2.09. The Balaban J connectivity index is 3.24. The quantitative estimate of drug-likeness (QED) is 0.815. The van der Waals surface area contributed by atoms with Gasteiger partial charge in [-0.3, -0.25) is 0 Å². The second-order valence-electron chi connectivity index (χ2n) is 3.06. The molecule has 0 fully saturated rings. The van der Waals surface area contributed by atoms with Crippen LogP contribution in [-0.4, -0.2) is 34.1 Å². The molecular formula is C10H14O4S2. The van der Waals surface area contributed by atoms with Crippen molar-refractivity contribution in [3.05, 3.63) is 18.2 Å². The van der Waals surface area contributed by atoms with E-state index in [0.29, 0.717) is 11.5 Å². The molecule has 4 nitrogen and oxygen atoms in total. The van der Waals surface area contributed by atoms with E-state index in [4.69, 9.17) is 9.47 Å². The summed E-state index contributed by atoms with van der Waals surface area (Å²) in [5, 5.41) is 0. The van der Waals surface area contributed by atoms with Gasteiger partial charge in [0.2, 0.25) is 0 Å². The van der Waals surface area contributed by atoms with E-state index < -0.39 is 9.84 Å². The minimum absolute atomic E-state index is 0.0151. The van der Waals surface area contributed by atoms with Crippen molar-refractivity contribution in [3.63, 3.8) is 0 Å². The van der Waals surface area contributed by atoms with Crippen LogP contribution in [0.3, 0.4) is 0 Å². The van der Waals surface area contributed by atoms with E-state index in [1.165, 1.54) is 20.3 Å². The normalized spacial score (nSPS) is 11.2. The Morgan fingerprint density at radius 3 is 2.44 bits per heavy atom. The predicted molar refractivity (Wildman–Crippen MR) is 65.5 cm³/mol. The van der Waals surface area contributed by atoms with E-state index in [0.717, 1.165) is 0 Å². The maximum Gasteiger partial charge on any atom is 0.182 e. The van der Waals surface area contributed by atoms with E-state index >= 15 is 0 Å². The number of methoxy groups -OCH3 is 2. The fourth-order valence-electron chi connectivity index (χ4n) is 1.26. The van der Waals surface area contributed by atoms with Crippen LogP contribution in [0.4, 0.5) is 0 Å². The van der Waals surface area contributed by atoms with Crippen LogP contribution in [0.25, 0.3) is 0 Å². The van der Waals surface area contributed by atoms with E-state index in [1.807, 2.05) is 0 Å². The average molecular weight is 262 g/mol. The molecule has 1 rings (SSSR count). The van der Waals surface area contributed by atoms with Gasteiger partial charge in [0, 0.05) is 11.8 Å². The molecule has 0 aromatic heterocycles. The van der Waals surface area contributed by atoms with Crippen LogP contribution in [0.5, 0.6) is 11.5 Å². The fraction of sp³-hybridized carbons (Fsp3) is 0.400. The third kappa shape index (κ3) is 2.82. The zero-order chi connectivity index (χ0) is 12.2. The van der Waals surface area contributed by atoms with Gasteiger partial charge in [0.05, 0.1) is 20.0 Å². The molecule has 0 saturated carbocycles. The standard InChI is InChI=1S/C10H14O4S2/c1-13-8-3-4-10(9(7-8)14-2)16(11,12)6-5-15/h3-4,7,15H,5-6H2,1-2H3. The molecule has 1 aromatic carbocycles. The van der Waals surface area contributed by atoms with Crippen molar-refractivity contribution >= 4 is 22.5 Å². The van der Waals surface area contributed by atoms with Crippen LogP contribution in [0, 0.1) is 0 Å². The third-order valence-electron chi connectivity index (χ3n) is 2.07. The molecular weight excluding hydrogens is 248 g/mol. The van der Waals surface area contributed by atoms with Crippen molar-refractivity contribution in [1.82, 2.24) is 0 Å². The molecule has 0 saturated heterocycles. The van der Waals surface area contributed by atoms with Crippen LogP contribution in [-0.2, 0) is 9.84 Å². The van der Waals surface area contributed by atoms with Crippen LogP contribution in [0.15, 0.2) is 23.1 Å². The summed E-state index contributed by atoms with van der Waals surface area (Å²) >= 11 is 3.92. The summed E-state index contributed by atoms with van der Waals surface area (Å²) in [5.41, 5.74) is 0. The molecule has 0 aliphatic heterocycles. The van der Waals surface area contributed by atoms with Crippen LogP contribution >= 0.6 is 12.6 Å². The highest BCUT2D eigenvalue weighted by Gasteiger charge is 2.19. The molecule has 6 heteroatoms. The van der Waals surface area contributed by atoms with Gasteiger partial charge in [-0.2, -0.15) is 12.6 Å². The third-order valence-corrected chi connectivity index (χ3v) is 4.34. The number of thiol groups is 1. The summed E-state index contributed by atoms with van der Waals surface area (Å²) in [6, 6.07) is 4.62. The zero-order valence-corrected chi connectivity index (χ0v) is 10.8. The molecule has 0 N–H and O–H groups in total. The number of sulfone groups is 1. The minimum atomic E-state index is -3.34. The van der Waals surface area contributed by atoms with Crippen LogP contribution in [0.2, 0.25) is 0 Å². The molecule has 16 heavy (non-hydrogen) atoms. The Kier molecular flexibility index (Phi) is 4.49. The molecule has 0 radical (unpaired) electrons. The van der Waals surface area contributed by atoms with Crippen molar-refractivity contribution in [2.24, 2.45) is 0 Å². The molecule has 90 valence electrons. The smallest absolute Gasteiger partial charge is 0.182 e. The Bertz CT molecular complexity index is 454. The first-order valence-corrected chi connectivity index (χ1v) is 6.89. The Hall–Kier alpha value is -0.880. The largest absolute Gasteiger partial charge is 0.497 e. The van der Waals surface area contributed by atoms with Gasteiger partial charge in [-0.05, 0) is 12.1 Å². The van der Waals surface area contributed by atoms with Crippen molar-refractivity contribution in [2.45, 2.75) is 4.90 Å². The summed E-state index contributed by atoms with van der Waals surface area (Å²) in [6.07, 6.45) is 0. The highest BCUT2D eigenvalue weighted by atomic mass is 32.2. The second kappa shape index (κ2) is 5.45. The topological polar surface area (TPSA) is 52.6 Å². The maximum absolute atomic E-state index is 11.8. The molecule has 0 spiro atoms. The molecule has 1 aromatic rings. The Labute approximate surface area is 101 Å². The average Bonchev–Trinajstić information content (AvgIpc) is 2.28. The lowest BCUT2D eigenvalue weighted by Gasteiger charge is -2.10. The maximum atomic E-state index is 11.8. The van der Waals surface area contributed by atoms with Crippen molar-refractivity contribution in [2.75, 3.05) is 25.7 Å². The van der Waals surface area contributed by atoms with Crippen LogP contribution < -0.4 is 9.47 Å². The molecule has 0 aliphatic carbocycles. The highest BCUT2D eigenvalue weighted by molar-refractivity contribution is 7.92. The van der Waals surface area contributed by atoms with E-state index in [-0.39, 0.29) is 16.4 Å². The number of benzene rings is 1. The fourth-order valence-corrected chi connectivity index (χ4v) is 3.17. The summed E-state index contributed by atoms with van der Waals surface area (Å²) in [6.45, 7) is 0. The Morgan fingerprint density at radius 1 is 1.25 bits per heavy atom. The van der Waals surface area contributed by atoms with Crippen molar-refractivity contribution in [3.8, 4) is 11.5 Å². The molecule has 0 heterocycles. The van der Waals surface area contributed by atoms with Gasteiger partial charge >= 0.3 is 0 Å². The first-order valence-electron chi connectivity index (χ1n) is 4.61. The molecule has 0 atom stereocenters. The van der Waals surface area contributed by atoms with Gasteiger partial charge in [-0.15, -0.1) is 0 Å². The molecule has 0 aliphatic rings. The van der Waals surface area contributed by atoms with Gasteiger partial charge in [0.15, 0.2) is 9.84 Å². The van der Waals surface area contributed by atoms with E-state index in [9.17, 15) is 8.42 Å². The van der Waals surface area contributed by atoms with Crippen LogP contribution in [0.1, 0.15) is 0 Å². The van der Waals surface area contributed by atoms with Crippen molar-refractivity contribution < 1.29 is 17.9 Å². The predicted octanol–water partition coefficient (Wildman–Crippen LogP) is 1.41. The zero-order valence-electron chi connectivity index (χ0n) is 9.13. The number of hydrogen-bond donors (Lipinski definition) is 1. The Morgan fingerprint density at radius 2 is 1.94 bits per heavy atom. The van der Waals surface area contributed by atoms with E-state index in [1.54, 1.807) is 12.1 Å². The molecule has 0 bridgehead atoms. The summed E-state index contributed by atoms with van der Waals surface area (Å²) < 4.78 is 33.7. The monoisotopic (exact) mass is 262 g/mol. The lowest BCUT2D eigenvalue weighted by atomic mass is 10.3. The SMILES string of the molecule is COc1ccc(S(=O)(=O)CCS)c(OC)c1. The summed E-state index contributed by atoms with van der Waals surface area (Å²) in [5.74, 6) is 1.11. The van der Waals surface area contributed by atoms with Gasteiger partial charge in [-0.1, -0.05) is 0 Å². The summed E-state index contributed by atoms with van der Waals surface area (Å²) in [4.78, 5) is 0.171. The van der Waals surface area contributed by atoms with Gasteiger partial charge < -0.3 is 9.47 Å². The van der Waals surface area contributed by atoms with Gasteiger partial charge in [0.25, 0.3) is 0 Å². The number of ether oxygens (including phenoxy) is 2. The van der Waals surface area contributed by atoms with Gasteiger partial charge in [-0.25, -0.2) is 8.42 Å². The number of hydrogen-bond acceptors (Lipinski definition) is 5. The molecule has 0 unspecified atom stereocenters. The van der Waals surface area contributed by atoms with E-state index in [2.05, 4.69) is 12.6 Å². The second-order valence-corrected chi connectivity index (χ2v) is 5.58. The highest BCUT2D eigenvalue weighted by Crippen LogP contribution is 2.29. The minimum Gasteiger partial charge on any atom is -0.497 e. The summed E-state index contributed by atoms with van der Waals surface area (Å²) in [7, 11) is -0.399. The number of rotatable bonds is 5. The first kappa shape index (κ1) is 13.2. The molecule has 0 amide bonds. The van der Waals surface area contributed by atoms with Gasteiger partial charge in [0.1, 0.15) is 16.4 Å². The first-order chi connectivity index (χ1) is 7.55.